The predicted octanol–water partition coefficient (Wildman–Crippen LogP) is 1.33. The summed E-state index contributed by atoms with van der Waals surface area (Å²) in [6, 6.07) is 0. The zero-order valence-corrected chi connectivity index (χ0v) is 8.04. The predicted molar refractivity (Wildman–Crippen MR) is 48.7 cm³/mol. The molecular weight excluding hydrogens is 152 g/mol. The Morgan fingerprint density at radius 1 is 1.58 bits per heavy atom. The van der Waals surface area contributed by atoms with Gasteiger partial charge in [0.25, 0.3) is 0 Å². The molecule has 0 unspecified atom stereocenters. The molecule has 0 saturated carbocycles. The van der Waals surface area contributed by atoms with E-state index in [-0.39, 0.29) is 24.0 Å². The van der Waals surface area contributed by atoms with Gasteiger partial charge in [-0.15, -0.1) is 0 Å². The maximum Gasteiger partial charge on any atom is 0.0632 e. The minimum atomic E-state index is -0.321. The summed E-state index contributed by atoms with van der Waals surface area (Å²) in [5, 5.41) is 18.9. The fourth-order valence-electron chi connectivity index (χ4n) is 1.94. The Bertz CT molecular complexity index is 194. The maximum atomic E-state index is 9.70. The SMILES string of the molecule is CC1=CC[C@@H](O)C(C)(C)[C@H]1CO. The average molecular weight is 170 g/mol. The van der Waals surface area contributed by atoms with Crippen LogP contribution in [0, 0.1) is 11.3 Å². The Morgan fingerprint density at radius 2 is 2.17 bits per heavy atom. The first-order valence-corrected chi connectivity index (χ1v) is 4.45. The fraction of sp³-hybridized carbons (Fsp3) is 0.800. The summed E-state index contributed by atoms with van der Waals surface area (Å²) in [5.41, 5.74) is 1.01. The molecule has 0 aromatic carbocycles. The van der Waals surface area contributed by atoms with Gasteiger partial charge in [-0.1, -0.05) is 25.5 Å². The molecule has 0 bridgehead atoms. The molecule has 0 fully saturated rings. The van der Waals surface area contributed by atoms with Gasteiger partial charge in [-0.2, -0.15) is 0 Å². The van der Waals surface area contributed by atoms with Crippen molar-refractivity contribution >= 4 is 0 Å². The van der Waals surface area contributed by atoms with E-state index in [1.54, 1.807) is 0 Å². The zero-order chi connectivity index (χ0) is 9.35. The van der Waals surface area contributed by atoms with Crippen molar-refractivity contribution in [3.8, 4) is 0 Å². The summed E-state index contributed by atoms with van der Waals surface area (Å²) in [7, 11) is 0. The van der Waals surface area contributed by atoms with Crippen LogP contribution in [-0.4, -0.2) is 22.9 Å². The molecule has 0 amide bonds. The van der Waals surface area contributed by atoms with Crippen LogP contribution in [0.4, 0.5) is 0 Å². The third kappa shape index (κ3) is 1.41. The van der Waals surface area contributed by atoms with Crippen molar-refractivity contribution in [2.45, 2.75) is 33.3 Å². The second-order valence-electron chi connectivity index (χ2n) is 4.26. The fourth-order valence-corrected chi connectivity index (χ4v) is 1.94. The van der Waals surface area contributed by atoms with Crippen LogP contribution in [0.5, 0.6) is 0 Å². The Labute approximate surface area is 73.9 Å². The maximum absolute atomic E-state index is 9.70. The summed E-state index contributed by atoms with van der Waals surface area (Å²) in [6.45, 7) is 6.17. The van der Waals surface area contributed by atoms with Gasteiger partial charge in [0, 0.05) is 5.92 Å². The van der Waals surface area contributed by atoms with Crippen LogP contribution in [0.3, 0.4) is 0 Å². The molecule has 2 heteroatoms. The lowest BCUT2D eigenvalue weighted by Gasteiger charge is -2.41. The lowest BCUT2D eigenvalue weighted by molar-refractivity contribution is -0.00709. The molecule has 0 aromatic rings. The molecule has 2 N–H and O–H groups in total. The van der Waals surface area contributed by atoms with Crippen molar-refractivity contribution in [3.05, 3.63) is 11.6 Å². The van der Waals surface area contributed by atoms with Gasteiger partial charge in [-0.3, -0.25) is 0 Å². The lowest BCUT2D eigenvalue weighted by Crippen LogP contribution is -2.41. The van der Waals surface area contributed by atoms with Gasteiger partial charge >= 0.3 is 0 Å². The van der Waals surface area contributed by atoms with Gasteiger partial charge in [0.05, 0.1) is 12.7 Å². The van der Waals surface area contributed by atoms with Crippen LogP contribution in [0.25, 0.3) is 0 Å². The smallest absolute Gasteiger partial charge is 0.0632 e. The summed E-state index contributed by atoms with van der Waals surface area (Å²) in [6.07, 6.45) is 2.42. The van der Waals surface area contributed by atoms with E-state index in [0.29, 0.717) is 0 Å². The van der Waals surface area contributed by atoms with E-state index in [0.717, 1.165) is 6.42 Å². The van der Waals surface area contributed by atoms with Gasteiger partial charge in [-0.25, -0.2) is 0 Å². The van der Waals surface area contributed by atoms with Crippen LogP contribution in [0.2, 0.25) is 0 Å². The van der Waals surface area contributed by atoms with Crippen molar-refractivity contribution in [2.24, 2.45) is 11.3 Å². The first kappa shape index (κ1) is 9.75. The van der Waals surface area contributed by atoms with E-state index < -0.39 is 0 Å². The van der Waals surface area contributed by atoms with Crippen LogP contribution in [0.1, 0.15) is 27.2 Å². The van der Waals surface area contributed by atoms with Crippen molar-refractivity contribution in [2.75, 3.05) is 6.61 Å². The first-order valence-electron chi connectivity index (χ1n) is 4.45. The highest BCUT2D eigenvalue weighted by Crippen LogP contribution is 2.40. The van der Waals surface area contributed by atoms with Crippen molar-refractivity contribution in [3.63, 3.8) is 0 Å². The number of hydrogen-bond acceptors (Lipinski definition) is 2. The van der Waals surface area contributed by atoms with Crippen molar-refractivity contribution in [1.82, 2.24) is 0 Å². The van der Waals surface area contributed by atoms with E-state index in [4.69, 9.17) is 5.11 Å². The summed E-state index contributed by atoms with van der Waals surface area (Å²) in [4.78, 5) is 0. The quantitative estimate of drug-likeness (QED) is 0.583. The van der Waals surface area contributed by atoms with Gasteiger partial charge in [0.15, 0.2) is 0 Å². The van der Waals surface area contributed by atoms with E-state index in [9.17, 15) is 5.11 Å². The van der Waals surface area contributed by atoms with Crippen molar-refractivity contribution < 1.29 is 10.2 Å². The van der Waals surface area contributed by atoms with Crippen LogP contribution >= 0.6 is 0 Å². The first-order chi connectivity index (χ1) is 5.50. The lowest BCUT2D eigenvalue weighted by atomic mass is 9.67. The standard InChI is InChI=1S/C10H18O2/c1-7-4-5-9(12)10(2,3)8(7)6-11/h4,8-9,11-12H,5-6H2,1-3H3/t8-,9+/m0/s1. The molecule has 1 rings (SSSR count). The third-order valence-corrected chi connectivity index (χ3v) is 3.15. The largest absolute Gasteiger partial charge is 0.396 e. The molecular formula is C10H18O2. The second kappa shape index (κ2) is 3.19. The minimum Gasteiger partial charge on any atom is -0.396 e. The van der Waals surface area contributed by atoms with Gasteiger partial charge < -0.3 is 10.2 Å². The summed E-state index contributed by atoms with van der Waals surface area (Å²) in [5.74, 6) is 0.112. The second-order valence-corrected chi connectivity index (χ2v) is 4.26. The molecule has 0 radical (unpaired) electrons. The Hall–Kier alpha value is -0.340. The Balaban J connectivity index is 2.91. The van der Waals surface area contributed by atoms with Gasteiger partial charge in [0.2, 0.25) is 0 Å². The molecule has 0 heterocycles. The summed E-state index contributed by atoms with van der Waals surface area (Å²) < 4.78 is 0. The number of aliphatic hydroxyl groups excluding tert-OH is 2. The topological polar surface area (TPSA) is 40.5 Å². The van der Waals surface area contributed by atoms with Gasteiger partial charge in [-0.05, 0) is 18.8 Å². The highest BCUT2D eigenvalue weighted by Gasteiger charge is 2.38. The molecule has 12 heavy (non-hydrogen) atoms. The van der Waals surface area contributed by atoms with E-state index >= 15 is 0 Å². The van der Waals surface area contributed by atoms with Crippen LogP contribution in [-0.2, 0) is 0 Å². The van der Waals surface area contributed by atoms with Gasteiger partial charge in [0.1, 0.15) is 0 Å². The molecule has 70 valence electrons. The van der Waals surface area contributed by atoms with E-state index in [1.807, 2.05) is 26.8 Å². The Morgan fingerprint density at radius 3 is 2.58 bits per heavy atom. The molecule has 0 saturated heterocycles. The van der Waals surface area contributed by atoms with E-state index in [1.165, 1.54) is 5.57 Å². The average Bonchev–Trinajstić information content (AvgIpc) is 1.98. The molecule has 0 spiro atoms. The third-order valence-electron chi connectivity index (χ3n) is 3.15. The number of aliphatic hydroxyl groups is 2. The number of hydrogen-bond donors (Lipinski definition) is 2. The van der Waals surface area contributed by atoms with Crippen LogP contribution < -0.4 is 0 Å². The highest BCUT2D eigenvalue weighted by molar-refractivity contribution is 5.14. The Kier molecular flexibility index (Phi) is 2.59. The minimum absolute atomic E-state index is 0.112. The summed E-state index contributed by atoms with van der Waals surface area (Å²) >= 11 is 0. The molecule has 1 aliphatic carbocycles. The molecule has 0 aromatic heterocycles. The highest BCUT2D eigenvalue weighted by atomic mass is 16.3. The molecule has 1 aliphatic rings. The zero-order valence-electron chi connectivity index (χ0n) is 8.04. The normalized spacial score (nSPS) is 34.6. The molecule has 0 aliphatic heterocycles. The molecule has 2 nitrogen and oxygen atoms in total. The van der Waals surface area contributed by atoms with E-state index in [2.05, 4.69) is 0 Å². The van der Waals surface area contributed by atoms with Crippen LogP contribution in [0.15, 0.2) is 11.6 Å². The molecule has 2 atom stereocenters. The van der Waals surface area contributed by atoms with Crippen molar-refractivity contribution in [1.29, 1.82) is 0 Å². The number of rotatable bonds is 1. The monoisotopic (exact) mass is 170 g/mol.